The molecule has 14 heteroatoms. The van der Waals surface area contributed by atoms with Crippen molar-refractivity contribution in [2.45, 2.75) is 6.92 Å². The molecule has 0 atom stereocenters. The number of nitrogens with zero attached hydrogens (tertiary/aromatic N) is 6. The van der Waals surface area contributed by atoms with Gasteiger partial charge in [0.2, 0.25) is 0 Å². The second kappa shape index (κ2) is 7.22. The van der Waals surface area contributed by atoms with Crippen LogP contribution in [0.5, 0.6) is 0 Å². The summed E-state index contributed by atoms with van der Waals surface area (Å²) in [5.74, 6) is -1.73. The van der Waals surface area contributed by atoms with E-state index in [2.05, 4.69) is 47.0 Å². The van der Waals surface area contributed by atoms with E-state index >= 15 is 0 Å². The van der Waals surface area contributed by atoms with Crippen LogP contribution in [0, 0.1) is 17.0 Å². The molecule has 3 aromatic rings. The molecule has 28 heavy (non-hydrogen) atoms. The first-order valence-corrected chi connectivity index (χ1v) is 8.51. The Morgan fingerprint density at radius 1 is 1.14 bits per heavy atom. The second-order valence-corrected chi connectivity index (χ2v) is 6.49. The van der Waals surface area contributed by atoms with Gasteiger partial charge >= 0.3 is 5.82 Å². The van der Waals surface area contributed by atoms with E-state index < -0.39 is 22.6 Å². The van der Waals surface area contributed by atoms with Crippen LogP contribution < -0.4 is 10.6 Å². The van der Waals surface area contributed by atoms with Crippen molar-refractivity contribution in [3.05, 3.63) is 44.1 Å². The maximum Gasteiger partial charge on any atom is 0.357 e. The molecule has 3 N–H and O–H groups in total. The lowest BCUT2D eigenvalue weighted by molar-refractivity contribution is -0.390. The molecule has 0 aromatic carbocycles. The Morgan fingerprint density at radius 3 is 2.32 bits per heavy atom. The molecule has 13 nitrogen and oxygen atoms in total. The summed E-state index contributed by atoms with van der Waals surface area (Å²) in [5.41, 5.74) is 1.22. The highest BCUT2D eigenvalue weighted by Gasteiger charge is 2.27. The standard InChI is InChI=1S/C14H14BrN9O4/c1-6-7(4-16-22(6)2)18-14(26)11-8(5-17-23(11)3)19-13(25)10-9(15)12(21-20-10)24(27)28/h4-5H,1-3H3,(H,18,26)(H,19,25)(H,20,21). The maximum absolute atomic E-state index is 12.7. The minimum absolute atomic E-state index is 0.0813. The number of halogens is 1. The molecule has 0 saturated carbocycles. The Bertz CT molecular complexity index is 1100. The fraction of sp³-hybridized carbons (Fsp3) is 0.214. The molecule has 0 fully saturated rings. The Balaban J connectivity index is 1.85. The monoisotopic (exact) mass is 451 g/mol. The number of aryl methyl sites for hydroxylation is 2. The van der Waals surface area contributed by atoms with Gasteiger partial charge in [-0.2, -0.15) is 10.2 Å². The number of rotatable bonds is 5. The van der Waals surface area contributed by atoms with Gasteiger partial charge in [-0.1, -0.05) is 5.10 Å². The molecule has 0 bridgehead atoms. The Labute approximate surface area is 165 Å². The highest BCUT2D eigenvalue weighted by molar-refractivity contribution is 9.10. The molecular formula is C14H14BrN9O4. The van der Waals surface area contributed by atoms with Gasteiger partial charge in [0.25, 0.3) is 11.8 Å². The summed E-state index contributed by atoms with van der Waals surface area (Å²) in [6, 6.07) is 0. The lowest BCUT2D eigenvalue weighted by Crippen LogP contribution is -2.20. The third-order valence-electron chi connectivity index (χ3n) is 3.97. The van der Waals surface area contributed by atoms with Crippen LogP contribution in [-0.2, 0) is 14.1 Å². The summed E-state index contributed by atoms with van der Waals surface area (Å²) >= 11 is 2.97. The summed E-state index contributed by atoms with van der Waals surface area (Å²) in [7, 11) is 3.28. The molecule has 2 amide bonds. The Hall–Kier alpha value is -3.55. The normalized spacial score (nSPS) is 10.7. The molecule has 0 saturated heterocycles. The minimum Gasteiger partial charge on any atom is -0.358 e. The van der Waals surface area contributed by atoms with Crippen molar-refractivity contribution in [2.24, 2.45) is 14.1 Å². The first-order chi connectivity index (χ1) is 13.2. The minimum atomic E-state index is -0.754. The van der Waals surface area contributed by atoms with Crippen LogP contribution in [0.4, 0.5) is 17.2 Å². The lowest BCUT2D eigenvalue weighted by atomic mass is 10.3. The fourth-order valence-electron chi connectivity index (χ4n) is 2.37. The molecular weight excluding hydrogens is 438 g/mol. The Morgan fingerprint density at radius 2 is 1.75 bits per heavy atom. The lowest BCUT2D eigenvalue weighted by Gasteiger charge is -2.08. The van der Waals surface area contributed by atoms with Crippen molar-refractivity contribution in [3.63, 3.8) is 0 Å². The summed E-state index contributed by atoms with van der Waals surface area (Å²) in [4.78, 5) is 35.3. The SMILES string of the molecule is Cc1c(NC(=O)c2c(NC(=O)c3n[nH]c([N+](=O)[O-])c3Br)cnn2C)cnn1C. The van der Waals surface area contributed by atoms with Gasteiger partial charge in [0.05, 0.1) is 29.5 Å². The van der Waals surface area contributed by atoms with Crippen molar-refractivity contribution in [3.8, 4) is 0 Å². The van der Waals surface area contributed by atoms with Gasteiger partial charge in [-0.3, -0.25) is 19.0 Å². The fourth-order valence-corrected chi connectivity index (χ4v) is 2.88. The number of aromatic nitrogens is 6. The van der Waals surface area contributed by atoms with E-state index in [9.17, 15) is 19.7 Å². The first-order valence-electron chi connectivity index (χ1n) is 7.72. The smallest absolute Gasteiger partial charge is 0.357 e. The van der Waals surface area contributed by atoms with E-state index in [1.165, 1.54) is 24.1 Å². The molecule has 3 aromatic heterocycles. The van der Waals surface area contributed by atoms with E-state index in [0.717, 1.165) is 5.69 Å². The van der Waals surface area contributed by atoms with E-state index in [4.69, 9.17) is 0 Å². The van der Waals surface area contributed by atoms with Gasteiger partial charge in [-0.05, 0) is 27.8 Å². The molecule has 0 aliphatic carbocycles. The van der Waals surface area contributed by atoms with E-state index in [0.29, 0.717) is 5.69 Å². The van der Waals surface area contributed by atoms with Crippen LogP contribution in [0.2, 0.25) is 0 Å². The van der Waals surface area contributed by atoms with Crippen LogP contribution in [0.3, 0.4) is 0 Å². The number of carbonyl (C=O) groups excluding carboxylic acids is 2. The van der Waals surface area contributed by atoms with Gasteiger partial charge in [0.15, 0.2) is 5.69 Å². The molecule has 146 valence electrons. The zero-order chi connectivity index (χ0) is 20.6. The maximum atomic E-state index is 12.7. The molecule has 3 rings (SSSR count). The van der Waals surface area contributed by atoms with Gasteiger partial charge in [-0.15, -0.1) is 5.10 Å². The molecule has 0 spiro atoms. The molecule has 3 heterocycles. The number of hydrogen-bond donors (Lipinski definition) is 3. The largest absolute Gasteiger partial charge is 0.358 e. The summed E-state index contributed by atoms with van der Waals surface area (Å²) in [6.45, 7) is 1.79. The summed E-state index contributed by atoms with van der Waals surface area (Å²) < 4.78 is 2.79. The molecule has 0 aliphatic heterocycles. The number of carbonyl (C=O) groups is 2. The number of hydrogen-bond acceptors (Lipinski definition) is 7. The van der Waals surface area contributed by atoms with Gasteiger partial charge in [-0.25, -0.2) is 0 Å². The predicted octanol–water partition coefficient (Wildman–Crippen LogP) is 1.36. The number of anilines is 2. The van der Waals surface area contributed by atoms with Crippen molar-refractivity contribution in [2.75, 3.05) is 10.6 Å². The van der Waals surface area contributed by atoms with Crippen molar-refractivity contribution < 1.29 is 14.5 Å². The third-order valence-corrected chi connectivity index (χ3v) is 4.72. The van der Waals surface area contributed by atoms with Crippen LogP contribution in [0.1, 0.15) is 26.7 Å². The number of nitrogens with one attached hydrogen (secondary N) is 3. The van der Waals surface area contributed by atoms with E-state index in [1.54, 1.807) is 18.7 Å². The van der Waals surface area contributed by atoms with Crippen molar-refractivity contribution in [1.82, 2.24) is 29.8 Å². The first kappa shape index (κ1) is 19.2. The molecule has 0 aliphatic rings. The number of H-pyrrole nitrogens is 1. The summed E-state index contributed by atoms with van der Waals surface area (Å²) in [6.07, 6.45) is 2.79. The number of nitro groups is 1. The van der Waals surface area contributed by atoms with E-state index in [1.807, 2.05) is 0 Å². The predicted molar refractivity (Wildman–Crippen MR) is 100 cm³/mol. The zero-order valence-electron chi connectivity index (χ0n) is 14.8. The van der Waals surface area contributed by atoms with Gasteiger partial charge in [0.1, 0.15) is 10.2 Å². The second-order valence-electron chi connectivity index (χ2n) is 5.70. The van der Waals surface area contributed by atoms with Crippen LogP contribution in [-0.4, -0.2) is 46.5 Å². The van der Waals surface area contributed by atoms with Gasteiger partial charge in [0, 0.05) is 14.1 Å². The average Bonchev–Trinajstić information content (AvgIpc) is 3.28. The highest BCUT2D eigenvalue weighted by Crippen LogP contribution is 2.26. The molecule has 0 unspecified atom stereocenters. The Kier molecular flexibility index (Phi) is 4.96. The van der Waals surface area contributed by atoms with Crippen molar-refractivity contribution >= 4 is 44.9 Å². The summed E-state index contributed by atoms with van der Waals surface area (Å²) in [5, 5.41) is 29.9. The van der Waals surface area contributed by atoms with Crippen LogP contribution >= 0.6 is 15.9 Å². The number of aromatic amines is 1. The van der Waals surface area contributed by atoms with Crippen LogP contribution in [0.15, 0.2) is 16.9 Å². The highest BCUT2D eigenvalue weighted by atomic mass is 79.9. The molecule has 0 radical (unpaired) electrons. The van der Waals surface area contributed by atoms with Crippen LogP contribution in [0.25, 0.3) is 0 Å². The van der Waals surface area contributed by atoms with Crippen molar-refractivity contribution in [1.29, 1.82) is 0 Å². The zero-order valence-corrected chi connectivity index (χ0v) is 16.4. The topological polar surface area (TPSA) is 166 Å². The van der Waals surface area contributed by atoms with E-state index in [-0.39, 0.29) is 21.5 Å². The quantitative estimate of drug-likeness (QED) is 0.388. The third kappa shape index (κ3) is 3.36. The van der Waals surface area contributed by atoms with Gasteiger partial charge < -0.3 is 20.7 Å². The number of amides is 2. The average molecular weight is 452 g/mol.